The summed E-state index contributed by atoms with van der Waals surface area (Å²) in [5, 5.41) is 12.3. The molecule has 132 valence electrons. The summed E-state index contributed by atoms with van der Waals surface area (Å²) in [7, 11) is 0. The lowest BCUT2D eigenvalue weighted by Crippen LogP contribution is -2.20. The lowest BCUT2D eigenvalue weighted by atomic mass is 10.1. The molecule has 0 bridgehead atoms. The van der Waals surface area contributed by atoms with E-state index >= 15 is 0 Å². The molecular formula is C19H22N2O2S2. The maximum absolute atomic E-state index is 10.3. The summed E-state index contributed by atoms with van der Waals surface area (Å²) in [6.07, 6.45) is 1.04. The SMILES string of the molecule is Cc1ccc(C)c(OCC(O)CSc2ncnc3sc(C)c(C)c23)c1. The average molecular weight is 375 g/mol. The zero-order valence-corrected chi connectivity index (χ0v) is 16.5. The van der Waals surface area contributed by atoms with Crippen LogP contribution in [0.5, 0.6) is 5.75 Å². The number of ether oxygens (including phenoxy) is 1. The van der Waals surface area contributed by atoms with Gasteiger partial charge in [0.15, 0.2) is 0 Å². The van der Waals surface area contributed by atoms with E-state index in [1.54, 1.807) is 29.4 Å². The summed E-state index contributed by atoms with van der Waals surface area (Å²) in [6, 6.07) is 6.09. The monoisotopic (exact) mass is 374 g/mol. The normalized spacial score (nSPS) is 12.5. The highest BCUT2D eigenvalue weighted by Gasteiger charge is 2.14. The van der Waals surface area contributed by atoms with E-state index in [9.17, 15) is 5.11 Å². The lowest BCUT2D eigenvalue weighted by Gasteiger charge is -2.14. The number of hydrogen-bond donors (Lipinski definition) is 1. The van der Waals surface area contributed by atoms with E-state index < -0.39 is 6.10 Å². The van der Waals surface area contributed by atoms with Crippen molar-refractivity contribution in [3.8, 4) is 5.75 Å². The van der Waals surface area contributed by atoms with Crippen molar-refractivity contribution in [1.29, 1.82) is 0 Å². The Kier molecular flexibility index (Phi) is 5.61. The van der Waals surface area contributed by atoms with Gasteiger partial charge in [0, 0.05) is 16.0 Å². The molecule has 0 spiro atoms. The van der Waals surface area contributed by atoms with Crippen LogP contribution in [0.1, 0.15) is 21.6 Å². The number of aliphatic hydroxyl groups is 1. The summed E-state index contributed by atoms with van der Waals surface area (Å²) in [5.74, 6) is 1.36. The molecule has 2 heterocycles. The van der Waals surface area contributed by atoms with Crippen molar-refractivity contribution in [2.45, 2.75) is 38.8 Å². The van der Waals surface area contributed by atoms with Crippen LogP contribution in [0.3, 0.4) is 0 Å². The van der Waals surface area contributed by atoms with Gasteiger partial charge in [-0.25, -0.2) is 9.97 Å². The third kappa shape index (κ3) is 4.14. The highest BCUT2D eigenvalue weighted by molar-refractivity contribution is 7.99. The van der Waals surface area contributed by atoms with E-state index in [1.807, 2.05) is 26.0 Å². The number of aryl methyl sites for hydroxylation is 4. The van der Waals surface area contributed by atoms with Crippen LogP contribution in [0.15, 0.2) is 29.6 Å². The number of thiophene rings is 1. The minimum absolute atomic E-state index is 0.271. The van der Waals surface area contributed by atoms with Crippen molar-refractivity contribution < 1.29 is 9.84 Å². The molecule has 3 aromatic rings. The van der Waals surface area contributed by atoms with Gasteiger partial charge in [0.05, 0.1) is 6.10 Å². The van der Waals surface area contributed by atoms with Crippen LogP contribution in [0.4, 0.5) is 0 Å². The maximum Gasteiger partial charge on any atom is 0.128 e. The lowest BCUT2D eigenvalue weighted by molar-refractivity contribution is 0.126. The first kappa shape index (κ1) is 18.2. The second kappa shape index (κ2) is 7.72. The van der Waals surface area contributed by atoms with Gasteiger partial charge in [-0.2, -0.15) is 0 Å². The summed E-state index contributed by atoms with van der Waals surface area (Å²) in [4.78, 5) is 11.0. The maximum atomic E-state index is 10.3. The molecule has 0 saturated heterocycles. The highest BCUT2D eigenvalue weighted by Crippen LogP contribution is 2.34. The van der Waals surface area contributed by atoms with Gasteiger partial charge in [0.2, 0.25) is 0 Å². The Morgan fingerprint density at radius 1 is 1.20 bits per heavy atom. The molecule has 1 unspecified atom stereocenters. The number of nitrogens with zero attached hydrogens (tertiary/aromatic N) is 2. The Bertz CT molecular complexity index is 893. The number of aliphatic hydroxyl groups excluding tert-OH is 1. The minimum Gasteiger partial charge on any atom is -0.491 e. The van der Waals surface area contributed by atoms with Crippen LogP contribution >= 0.6 is 23.1 Å². The molecule has 0 aliphatic rings. The number of rotatable bonds is 6. The Morgan fingerprint density at radius 2 is 2.00 bits per heavy atom. The molecule has 1 atom stereocenters. The van der Waals surface area contributed by atoms with Crippen LogP contribution in [0.2, 0.25) is 0 Å². The van der Waals surface area contributed by atoms with Gasteiger partial charge < -0.3 is 9.84 Å². The molecule has 0 saturated carbocycles. The molecule has 6 heteroatoms. The fourth-order valence-corrected chi connectivity index (χ4v) is 4.56. The van der Waals surface area contributed by atoms with Gasteiger partial charge in [-0.3, -0.25) is 0 Å². The fourth-order valence-electron chi connectivity index (χ4n) is 2.53. The number of fused-ring (bicyclic) bond motifs is 1. The second-order valence-electron chi connectivity index (χ2n) is 6.19. The highest BCUT2D eigenvalue weighted by atomic mass is 32.2. The fraction of sp³-hybridized carbons (Fsp3) is 0.368. The Labute approximate surface area is 156 Å². The second-order valence-corrected chi connectivity index (χ2v) is 8.40. The summed E-state index contributed by atoms with van der Waals surface area (Å²) in [6.45, 7) is 8.51. The summed E-state index contributed by atoms with van der Waals surface area (Å²) < 4.78 is 5.79. The molecule has 0 radical (unpaired) electrons. The van der Waals surface area contributed by atoms with Crippen LogP contribution < -0.4 is 4.74 Å². The van der Waals surface area contributed by atoms with E-state index in [0.717, 1.165) is 32.1 Å². The van der Waals surface area contributed by atoms with Crippen molar-refractivity contribution in [1.82, 2.24) is 9.97 Å². The van der Waals surface area contributed by atoms with Gasteiger partial charge >= 0.3 is 0 Å². The molecule has 0 aliphatic heterocycles. The van der Waals surface area contributed by atoms with Crippen LogP contribution in [0.25, 0.3) is 10.2 Å². The van der Waals surface area contributed by atoms with Crippen LogP contribution in [-0.2, 0) is 0 Å². The molecular weight excluding hydrogens is 352 g/mol. The minimum atomic E-state index is -0.560. The van der Waals surface area contributed by atoms with E-state index in [-0.39, 0.29) is 6.61 Å². The molecule has 0 fully saturated rings. The van der Waals surface area contributed by atoms with Gasteiger partial charge in [0.1, 0.15) is 28.5 Å². The molecule has 1 aromatic carbocycles. The van der Waals surface area contributed by atoms with E-state index in [1.165, 1.54) is 10.4 Å². The Hall–Kier alpha value is -1.63. The number of thioether (sulfide) groups is 1. The number of benzene rings is 1. The first-order valence-electron chi connectivity index (χ1n) is 8.17. The van der Waals surface area contributed by atoms with E-state index in [4.69, 9.17) is 4.74 Å². The Morgan fingerprint density at radius 3 is 2.80 bits per heavy atom. The van der Waals surface area contributed by atoms with Gasteiger partial charge in [0.25, 0.3) is 0 Å². The molecule has 4 nitrogen and oxygen atoms in total. The van der Waals surface area contributed by atoms with Crippen molar-refractivity contribution in [3.63, 3.8) is 0 Å². The first-order valence-corrected chi connectivity index (χ1v) is 9.97. The quantitative estimate of drug-likeness (QED) is 0.510. The molecule has 2 aromatic heterocycles. The largest absolute Gasteiger partial charge is 0.491 e. The van der Waals surface area contributed by atoms with Gasteiger partial charge in [-0.05, 0) is 50.5 Å². The number of hydrogen-bond acceptors (Lipinski definition) is 6. The van der Waals surface area contributed by atoms with Gasteiger partial charge in [-0.1, -0.05) is 12.1 Å². The third-order valence-corrected chi connectivity index (χ3v) is 6.37. The van der Waals surface area contributed by atoms with Crippen molar-refractivity contribution in [2.75, 3.05) is 12.4 Å². The molecule has 25 heavy (non-hydrogen) atoms. The van der Waals surface area contributed by atoms with Crippen molar-refractivity contribution in [2.24, 2.45) is 0 Å². The first-order chi connectivity index (χ1) is 12.0. The zero-order chi connectivity index (χ0) is 18.0. The molecule has 1 N–H and O–H groups in total. The van der Waals surface area contributed by atoms with Crippen molar-refractivity contribution >= 4 is 33.3 Å². The molecule has 0 aliphatic carbocycles. The van der Waals surface area contributed by atoms with E-state index in [0.29, 0.717) is 5.75 Å². The average Bonchev–Trinajstić information content (AvgIpc) is 2.89. The summed E-state index contributed by atoms with van der Waals surface area (Å²) in [5.41, 5.74) is 3.45. The standard InChI is InChI=1S/C19H22N2O2S2/c1-11-5-6-12(2)16(7-11)23-8-15(22)9-24-18-17-13(3)14(4)25-19(17)21-10-20-18/h5-7,10,15,22H,8-9H2,1-4H3. The zero-order valence-electron chi connectivity index (χ0n) is 14.9. The van der Waals surface area contributed by atoms with Crippen LogP contribution in [-0.4, -0.2) is 33.5 Å². The topological polar surface area (TPSA) is 55.2 Å². The Balaban J connectivity index is 1.63. The summed E-state index contributed by atoms with van der Waals surface area (Å²) >= 11 is 3.24. The number of aromatic nitrogens is 2. The van der Waals surface area contributed by atoms with E-state index in [2.05, 4.69) is 29.9 Å². The molecule has 3 rings (SSSR count). The molecule has 0 amide bonds. The predicted octanol–water partition coefficient (Wildman–Crippen LogP) is 4.46. The third-order valence-electron chi connectivity index (χ3n) is 4.12. The van der Waals surface area contributed by atoms with Crippen LogP contribution in [0, 0.1) is 27.7 Å². The predicted molar refractivity (Wildman–Crippen MR) is 105 cm³/mol. The van der Waals surface area contributed by atoms with Crippen molar-refractivity contribution in [3.05, 3.63) is 46.1 Å². The smallest absolute Gasteiger partial charge is 0.128 e. The van der Waals surface area contributed by atoms with Gasteiger partial charge in [-0.15, -0.1) is 23.1 Å².